The second kappa shape index (κ2) is 9.86. The molecule has 0 radical (unpaired) electrons. The fourth-order valence-electron chi connectivity index (χ4n) is 3.96. The molecule has 1 fully saturated rings. The zero-order valence-electron chi connectivity index (χ0n) is 19.4. The van der Waals surface area contributed by atoms with Gasteiger partial charge in [-0.15, -0.1) is 0 Å². The standard InChI is InChI=1S/C24H29N7O2/c1-4-33-21-16-31-24(19(13-25)15-27-31)23(28-21)18-6-7-20(26-14-18)29-9-11-30(12-10-29)22(32)8-5-17(2)3/h6-7,14-17H,4-5,8-12H2,1-3H3. The number of rotatable bonds is 7. The van der Waals surface area contributed by atoms with Gasteiger partial charge in [0, 0.05) is 44.4 Å². The highest BCUT2D eigenvalue weighted by atomic mass is 16.5. The van der Waals surface area contributed by atoms with Crippen molar-refractivity contribution in [2.45, 2.75) is 33.6 Å². The monoisotopic (exact) mass is 447 g/mol. The first-order valence-electron chi connectivity index (χ1n) is 11.4. The Kier molecular flexibility index (Phi) is 6.73. The van der Waals surface area contributed by atoms with Crippen molar-refractivity contribution in [1.82, 2.24) is 24.5 Å². The van der Waals surface area contributed by atoms with Gasteiger partial charge in [0.05, 0.1) is 19.0 Å². The summed E-state index contributed by atoms with van der Waals surface area (Å²) in [4.78, 5) is 25.8. The van der Waals surface area contributed by atoms with Crippen LogP contribution in [0.5, 0.6) is 5.88 Å². The van der Waals surface area contributed by atoms with E-state index in [-0.39, 0.29) is 5.91 Å². The van der Waals surface area contributed by atoms with E-state index in [0.717, 1.165) is 30.9 Å². The van der Waals surface area contributed by atoms with Crippen molar-refractivity contribution in [3.05, 3.63) is 36.3 Å². The topological polar surface area (TPSA) is 99.7 Å². The number of fused-ring (bicyclic) bond motifs is 1. The number of anilines is 1. The number of amides is 1. The van der Waals surface area contributed by atoms with E-state index in [9.17, 15) is 10.1 Å². The number of aromatic nitrogens is 4. The summed E-state index contributed by atoms with van der Waals surface area (Å²) in [6.07, 6.45) is 6.51. The molecule has 3 aromatic heterocycles. The van der Waals surface area contributed by atoms with Gasteiger partial charge in [0.15, 0.2) is 0 Å². The van der Waals surface area contributed by atoms with Crippen molar-refractivity contribution >= 4 is 17.2 Å². The van der Waals surface area contributed by atoms with E-state index in [1.165, 1.54) is 6.20 Å². The summed E-state index contributed by atoms with van der Waals surface area (Å²) in [6, 6.07) is 6.09. The van der Waals surface area contributed by atoms with E-state index >= 15 is 0 Å². The molecule has 4 rings (SSSR count). The minimum atomic E-state index is 0.241. The first-order chi connectivity index (χ1) is 16.0. The molecule has 0 N–H and O–H groups in total. The molecule has 0 atom stereocenters. The summed E-state index contributed by atoms with van der Waals surface area (Å²) in [6.45, 7) is 9.58. The molecular weight excluding hydrogens is 418 g/mol. The Morgan fingerprint density at radius 3 is 2.64 bits per heavy atom. The molecule has 1 aliphatic heterocycles. The van der Waals surface area contributed by atoms with Crippen molar-refractivity contribution in [1.29, 1.82) is 5.26 Å². The Bertz CT molecular complexity index is 1160. The molecule has 1 amide bonds. The summed E-state index contributed by atoms with van der Waals surface area (Å²) < 4.78 is 7.20. The maximum absolute atomic E-state index is 12.4. The summed E-state index contributed by atoms with van der Waals surface area (Å²) in [7, 11) is 0. The average molecular weight is 448 g/mol. The van der Waals surface area contributed by atoms with E-state index in [1.54, 1.807) is 16.9 Å². The van der Waals surface area contributed by atoms with Crippen LogP contribution in [-0.4, -0.2) is 63.2 Å². The number of nitrogens with zero attached hydrogens (tertiary/aromatic N) is 7. The molecule has 1 saturated heterocycles. The quantitative estimate of drug-likeness (QED) is 0.548. The lowest BCUT2D eigenvalue weighted by atomic mass is 10.1. The van der Waals surface area contributed by atoms with Gasteiger partial charge in [-0.2, -0.15) is 10.4 Å². The van der Waals surface area contributed by atoms with Crippen molar-refractivity contribution in [3.8, 4) is 23.2 Å². The fourth-order valence-corrected chi connectivity index (χ4v) is 3.96. The van der Waals surface area contributed by atoms with E-state index in [4.69, 9.17) is 4.74 Å². The van der Waals surface area contributed by atoms with Crippen molar-refractivity contribution < 1.29 is 9.53 Å². The summed E-state index contributed by atoms with van der Waals surface area (Å²) >= 11 is 0. The van der Waals surface area contributed by atoms with Gasteiger partial charge < -0.3 is 14.5 Å². The molecule has 9 nitrogen and oxygen atoms in total. The molecule has 4 heterocycles. The lowest BCUT2D eigenvalue weighted by molar-refractivity contribution is -0.131. The number of ether oxygens (including phenoxy) is 1. The highest BCUT2D eigenvalue weighted by molar-refractivity contribution is 5.81. The summed E-state index contributed by atoms with van der Waals surface area (Å²) in [5.41, 5.74) is 2.46. The fraction of sp³-hybridized carbons (Fsp3) is 0.458. The van der Waals surface area contributed by atoms with Gasteiger partial charge in [-0.05, 0) is 31.4 Å². The largest absolute Gasteiger partial charge is 0.477 e. The van der Waals surface area contributed by atoms with Crippen LogP contribution >= 0.6 is 0 Å². The number of carbonyl (C=O) groups excluding carboxylic acids is 1. The minimum Gasteiger partial charge on any atom is -0.477 e. The molecule has 1 aliphatic rings. The lowest BCUT2D eigenvalue weighted by Gasteiger charge is -2.35. The normalized spacial score (nSPS) is 14.0. The third-order valence-electron chi connectivity index (χ3n) is 5.80. The number of hydrogen-bond acceptors (Lipinski definition) is 7. The van der Waals surface area contributed by atoms with Crippen LogP contribution in [0.4, 0.5) is 5.82 Å². The second-order valence-corrected chi connectivity index (χ2v) is 8.53. The SMILES string of the molecule is CCOc1cn2ncc(C#N)c2c(-c2ccc(N3CCN(C(=O)CCC(C)C)CC3)nc2)n1. The maximum atomic E-state index is 12.4. The van der Waals surface area contributed by atoms with Gasteiger partial charge in [-0.1, -0.05) is 13.8 Å². The second-order valence-electron chi connectivity index (χ2n) is 8.53. The van der Waals surface area contributed by atoms with E-state index < -0.39 is 0 Å². The zero-order chi connectivity index (χ0) is 23.4. The Morgan fingerprint density at radius 1 is 1.21 bits per heavy atom. The van der Waals surface area contributed by atoms with Crippen molar-refractivity contribution in [2.24, 2.45) is 5.92 Å². The molecular formula is C24H29N7O2. The first kappa shape index (κ1) is 22.5. The van der Waals surface area contributed by atoms with E-state index in [2.05, 4.69) is 39.9 Å². The number of hydrogen-bond donors (Lipinski definition) is 0. The van der Waals surface area contributed by atoms with E-state index in [0.29, 0.717) is 54.7 Å². The van der Waals surface area contributed by atoms with Gasteiger partial charge in [-0.25, -0.2) is 14.5 Å². The van der Waals surface area contributed by atoms with Crippen molar-refractivity contribution in [2.75, 3.05) is 37.7 Å². The van der Waals surface area contributed by atoms with Crippen LogP contribution in [0.3, 0.4) is 0 Å². The molecule has 0 aliphatic carbocycles. The Morgan fingerprint density at radius 2 is 2.00 bits per heavy atom. The van der Waals surface area contributed by atoms with Gasteiger partial charge in [0.1, 0.15) is 28.7 Å². The Labute approximate surface area is 193 Å². The van der Waals surface area contributed by atoms with E-state index in [1.807, 2.05) is 24.0 Å². The molecule has 172 valence electrons. The third-order valence-corrected chi connectivity index (χ3v) is 5.80. The van der Waals surface area contributed by atoms with Crippen LogP contribution < -0.4 is 9.64 Å². The maximum Gasteiger partial charge on any atom is 0.232 e. The predicted molar refractivity (Wildman–Crippen MR) is 125 cm³/mol. The number of nitriles is 1. The average Bonchev–Trinajstić information content (AvgIpc) is 3.25. The molecule has 0 bridgehead atoms. The number of carbonyl (C=O) groups is 1. The summed E-state index contributed by atoms with van der Waals surface area (Å²) in [5.74, 6) is 2.08. The molecule has 3 aromatic rings. The Hall–Kier alpha value is -3.67. The van der Waals surface area contributed by atoms with Crippen LogP contribution in [0.2, 0.25) is 0 Å². The Balaban J connectivity index is 1.51. The first-order valence-corrected chi connectivity index (χ1v) is 11.4. The van der Waals surface area contributed by atoms with Crippen LogP contribution in [0, 0.1) is 17.2 Å². The summed E-state index contributed by atoms with van der Waals surface area (Å²) in [5, 5.41) is 13.8. The van der Waals surface area contributed by atoms with Gasteiger partial charge in [-0.3, -0.25) is 4.79 Å². The van der Waals surface area contributed by atoms with Crippen LogP contribution in [0.1, 0.15) is 39.2 Å². The minimum absolute atomic E-state index is 0.241. The van der Waals surface area contributed by atoms with Gasteiger partial charge in [0.2, 0.25) is 11.8 Å². The van der Waals surface area contributed by atoms with Crippen LogP contribution in [0.15, 0.2) is 30.7 Å². The third kappa shape index (κ3) is 4.90. The predicted octanol–water partition coefficient (Wildman–Crippen LogP) is 3.15. The number of pyridine rings is 1. The van der Waals surface area contributed by atoms with Crippen LogP contribution in [-0.2, 0) is 4.79 Å². The molecule has 0 unspecified atom stereocenters. The molecule has 33 heavy (non-hydrogen) atoms. The van der Waals surface area contributed by atoms with Gasteiger partial charge >= 0.3 is 0 Å². The molecule has 9 heteroatoms. The molecule has 0 saturated carbocycles. The highest BCUT2D eigenvalue weighted by Crippen LogP contribution is 2.28. The molecule has 0 spiro atoms. The van der Waals surface area contributed by atoms with Gasteiger partial charge in [0.25, 0.3) is 0 Å². The smallest absolute Gasteiger partial charge is 0.232 e. The van der Waals surface area contributed by atoms with Crippen LogP contribution in [0.25, 0.3) is 16.8 Å². The molecule has 0 aromatic carbocycles. The van der Waals surface area contributed by atoms with Crippen molar-refractivity contribution in [3.63, 3.8) is 0 Å². The lowest BCUT2D eigenvalue weighted by Crippen LogP contribution is -2.49. The number of piperazine rings is 1. The zero-order valence-corrected chi connectivity index (χ0v) is 19.4. The highest BCUT2D eigenvalue weighted by Gasteiger charge is 2.22.